The van der Waals surface area contributed by atoms with Crippen LogP contribution in [0.4, 0.5) is 0 Å². The van der Waals surface area contributed by atoms with E-state index in [2.05, 4.69) is 13.5 Å². The van der Waals surface area contributed by atoms with E-state index < -0.39 is 5.97 Å². The Labute approximate surface area is 99.7 Å². The lowest BCUT2D eigenvalue weighted by Gasteiger charge is -2.09. The van der Waals surface area contributed by atoms with Crippen molar-refractivity contribution in [1.29, 1.82) is 0 Å². The standard InChI is InChI=1S/C14H26O2/c1-3-5-6-7-8-9-10-11-13(4-2)12-14(15)16/h4,13H,2-3,5-12H2,1H3,(H,15,16). The average Bonchev–Trinajstić information content (AvgIpc) is 2.25. The normalized spacial score (nSPS) is 12.3. The van der Waals surface area contributed by atoms with Gasteiger partial charge in [-0.25, -0.2) is 0 Å². The first-order valence-corrected chi connectivity index (χ1v) is 6.55. The van der Waals surface area contributed by atoms with Crippen LogP contribution in [0.2, 0.25) is 0 Å². The minimum atomic E-state index is -0.715. The van der Waals surface area contributed by atoms with E-state index in [0.717, 1.165) is 12.8 Å². The zero-order valence-corrected chi connectivity index (χ0v) is 10.6. The van der Waals surface area contributed by atoms with Crippen LogP contribution in [0.3, 0.4) is 0 Å². The van der Waals surface area contributed by atoms with Gasteiger partial charge in [0, 0.05) is 0 Å². The van der Waals surface area contributed by atoms with Crippen molar-refractivity contribution in [3.63, 3.8) is 0 Å². The maximum absolute atomic E-state index is 10.5. The molecule has 0 spiro atoms. The van der Waals surface area contributed by atoms with Crippen LogP contribution in [0, 0.1) is 5.92 Å². The zero-order chi connectivity index (χ0) is 12.2. The topological polar surface area (TPSA) is 37.3 Å². The van der Waals surface area contributed by atoms with E-state index in [-0.39, 0.29) is 12.3 Å². The van der Waals surface area contributed by atoms with Crippen LogP contribution in [0.25, 0.3) is 0 Å². The first kappa shape index (κ1) is 15.2. The Hall–Kier alpha value is -0.790. The highest BCUT2D eigenvalue weighted by Crippen LogP contribution is 2.16. The number of allylic oxidation sites excluding steroid dienone is 1. The number of hydrogen-bond acceptors (Lipinski definition) is 1. The summed E-state index contributed by atoms with van der Waals surface area (Å²) in [6.45, 7) is 5.91. The molecule has 0 bridgehead atoms. The van der Waals surface area contributed by atoms with E-state index in [1.165, 1.54) is 38.5 Å². The molecule has 0 amide bonds. The molecule has 0 fully saturated rings. The molecule has 16 heavy (non-hydrogen) atoms. The first-order valence-electron chi connectivity index (χ1n) is 6.55. The van der Waals surface area contributed by atoms with Crippen molar-refractivity contribution in [2.75, 3.05) is 0 Å². The molecule has 1 atom stereocenters. The molecule has 0 rings (SSSR count). The second kappa shape index (κ2) is 10.7. The van der Waals surface area contributed by atoms with Crippen LogP contribution in [-0.4, -0.2) is 11.1 Å². The van der Waals surface area contributed by atoms with Crippen molar-refractivity contribution in [2.45, 2.75) is 64.7 Å². The van der Waals surface area contributed by atoms with Crippen molar-refractivity contribution >= 4 is 5.97 Å². The lowest BCUT2D eigenvalue weighted by molar-refractivity contribution is -0.137. The van der Waals surface area contributed by atoms with Crippen LogP contribution in [-0.2, 0) is 4.79 Å². The highest BCUT2D eigenvalue weighted by atomic mass is 16.4. The number of carboxylic acids is 1. The third-order valence-corrected chi connectivity index (χ3v) is 2.95. The summed E-state index contributed by atoms with van der Waals surface area (Å²) in [6, 6.07) is 0. The number of rotatable bonds is 11. The third kappa shape index (κ3) is 9.75. The van der Waals surface area contributed by atoms with E-state index in [4.69, 9.17) is 5.11 Å². The number of carboxylic acid groups (broad SMARTS) is 1. The Bertz CT molecular complexity index is 187. The van der Waals surface area contributed by atoms with Crippen LogP contribution >= 0.6 is 0 Å². The zero-order valence-electron chi connectivity index (χ0n) is 10.6. The van der Waals surface area contributed by atoms with Crippen LogP contribution in [0.5, 0.6) is 0 Å². The smallest absolute Gasteiger partial charge is 0.303 e. The molecule has 0 aliphatic rings. The van der Waals surface area contributed by atoms with Crippen molar-refractivity contribution < 1.29 is 9.90 Å². The van der Waals surface area contributed by atoms with Gasteiger partial charge < -0.3 is 5.11 Å². The number of aliphatic carboxylic acids is 1. The predicted octanol–water partition coefficient (Wildman–Crippen LogP) is 4.40. The summed E-state index contributed by atoms with van der Waals surface area (Å²) in [5.41, 5.74) is 0. The Balaban J connectivity index is 3.34. The molecule has 94 valence electrons. The fraction of sp³-hybridized carbons (Fsp3) is 0.786. The minimum Gasteiger partial charge on any atom is -0.481 e. The molecule has 0 aliphatic heterocycles. The molecule has 1 unspecified atom stereocenters. The molecule has 1 N–H and O–H groups in total. The largest absolute Gasteiger partial charge is 0.481 e. The van der Waals surface area contributed by atoms with Gasteiger partial charge in [0.25, 0.3) is 0 Å². The van der Waals surface area contributed by atoms with Crippen molar-refractivity contribution in [3.8, 4) is 0 Å². The second-order valence-corrected chi connectivity index (χ2v) is 4.50. The van der Waals surface area contributed by atoms with Gasteiger partial charge in [-0.2, -0.15) is 0 Å². The Kier molecular flexibility index (Phi) is 10.2. The monoisotopic (exact) mass is 226 g/mol. The van der Waals surface area contributed by atoms with Gasteiger partial charge in [0.15, 0.2) is 0 Å². The van der Waals surface area contributed by atoms with Gasteiger partial charge in [0.1, 0.15) is 0 Å². The van der Waals surface area contributed by atoms with Gasteiger partial charge in [-0.15, -0.1) is 6.58 Å². The summed E-state index contributed by atoms with van der Waals surface area (Å²) in [5.74, 6) is -0.555. The molecular weight excluding hydrogens is 200 g/mol. The Morgan fingerprint density at radius 3 is 2.25 bits per heavy atom. The highest BCUT2D eigenvalue weighted by molar-refractivity contribution is 5.67. The third-order valence-electron chi connectivity index (χ3n) is 2.95. The number of hydrogen-bond donors (Lipinski definition) is 1. The summed E-state index contributed by atoms with van der Waals surface area (Å²) in [7, 11) is 0. The quantitative estimate of drug-likeness (QED) is 0.418. The molecule has 2 heteroatoms. The fourth-order valence-electron chi connectivity index (χ4n) is 1.89. The van der Waals surface area contributed by atoms with E-state index in [0.29, 0.717) is 0 Å². The van der Waals surface area contributed by atoms with Gasteiger partial charge in [-0.3, -0.25) is 4.79 Å². The molecule has 0 saturated carbocycles. The Morgan fingerprint density at radius 2 is 1.75 bits per heavy atom. The molecule has 0 aliphatic carbocycles. The molecule has 0 aromatic heterocycles. The van der Waals surface area contributed by atoms with Gasteiger partial charge in [-0.05, 0) is 12.3 Å². The van der Waals surface area contributed by atoms with Crippen LogP contribution in [0.15, 0.2) is 12.7 Å². The van der Waals surface area contributed by atoms with E-state index in [1.807, 2.05) is 0 Å². The molecule has 2 nitrogen and oxygen atoms in total. The maximum Gasteiger partial charge on any atom is 0.303 e. The molecular formula is C14H26O2. The number of carbonyl (C=O) groups is 1. The SMILES string of the molecule is C=CC(CCCCCCCCC)CC(=O)O. The predicted molar refractivity (Wildman–Crippen MR) is 68.5 cm³/mol. The summed E-state index contributed by atoms with van der Waals surface area (Å²) in [6.07, 6.45) is 11.9. The van der Waals surface area contributed by atoms with Gasteiger partial charge in [0.05, 0.1) is 6.42 Å². The Morgan fingerprint density at radius 1 is 1.19 bits per heavy atom. The van der Waals surface area contributed by atoms with Crippen molar-refractivity contribution in [1.82, 2.24) is 0 Å². The van der Waals surface area contributed by atoms with Crippen LogP contribution < -0.4 is 0 Å². The highest BCUT2D eigenvalue weighted by Gasteiger charge is 2.08. The molecule has 0 radical (unpaired) electrons. The lowest BCUT2D eigenvalue weighted by Crippen LogP contribution is -2.05. The van der Waals surface area contributed by atoms with E-state index in [1.54, 1.807) is 6.08 Å². The summed E-state index contributed by atoms with van der Waals surface area (Å²) >= 11 is 0. The van der Waals surface area contributed by atoms with Gasteiger partial charge in [-0.1, -0.05) is 57.9 Å². The molecule has 0 aromatic carbocycles. The molecule has 0 saturated heterocycles. The summed E-state index contributed by atoms with van der Waals surface area (Å²) in [5, 5.41) is 8.67. The van der Waals surface area contributed by atoms with Crippen molar-refractivity contribution in [2.24, 2.45) is 5.92 Å². The van der Waals surface area contributed by atoms with E-state index in [9.17, 15) is 4.79 Å². The minimum absolute atomic E-state index is 0.160. The van der Waals surface area contributed by atoms with E-state index >= 15 is 0 Å². The molecule has 0 aromatic rings. The summed E-state index contributed by atoms with van der Waals surface area (Å²) < 4.78 is 0. The maximum atomic E-state index is 10.5. The molecule has 0 heterocycles. The summed E-state index contributed by atoms with van der Waals surface area (Å²) in [4.78, 5) is 10.5. The van der Waals surface area contributed by atoms with Gasteiger partial charge >= 0.3 is 5.97 Å². The first-order chi connectivity index (χ1) is 7.70. The second-order valence-electron chi connectivity index (χ2n) is 4.50. The van der Waals surface area contributed by atoms with Crippen molar-refractivity contribution in [3.05, 3.63) is 12.7 Å². The average molecular weight is 226 g/mol. The fourth-order valence-corrected chi connectivity index (χ4v) is 1.89. The number of unbranched alkanes of at least 4 members (excludes halogenated alkanes) is 6. The van der Waals surface area contributed by atoms with Gasteiger partial charge in [0.2, 0.25) is 0 Å². The lowest BCUT2D eigenvalue weighted by atomic mass is 9.97. The van der Waals surface area contributed by atoms with Crippen LogP contribution in [0.1, 0.15) is 64.7 Å².